The van der Waals surface area contributed by atoms with Crippen molar-refractivity contribution in [3.8, 4) is 5.75 Å². The van der Waals surface area contributed by atoms with E-state index in [1.165, 1.54) is 0 Å². The van der Waals surface area contributed by atoms with Crippen LogP contribution in [0.4, 0.5) is 0 Å². The molecule has 9 heteroatoms. The highest BCUT2D eigenvalue weighted by atomic mass is 32.2. The molecule has 26 heavy (non-hydrogen) atoms. The first-order valence-electron chi connectivity index (χ1n) is 8.47. The first-order valence-corrected chi connectivity index (χ1v) is 11.9. The summed E-state index contributed by atoms with van der Waals surface area (Å²) >= 11 is 0. The minimum Gasteiger partial charge on any atom is -0.492 e. The normalized spacial score (nSPS) is 18.2. The smallest absolute Gasteiger partial charge is 0.214 e. The molecule has 1 atom stereocenters. The summed E-state index contributed by atoms with van der Waals surface area (Å²) in [7, 11) is -6.55. The summed E-state index contributed by atoms with van der Waals surface area (Å²) in [5, 5.41) is -0.472. The lowest BCUT2D eigenvalue weighted by Crippen LogP contribution is -2.38. The Morgan fingerprint density at radius 3 is 2.38 bits per heavy atom. The highest BCUT2D eigenvalue weighted by Crippen LogP contribution is 2.30. The molecule has 2 N–H and O–H groups in total. The van der Waals surface area contributed by atoms with Gasteiger partial charge in [0, 0.05) is 12.6 Å². The Kier molecular flexibility index (Phi) is 6.84. The van der Waals surface area contributed by atoms with Crippen LogP contribution >= 0.6 is 0 Å². The van der Waals surface area contributed by atoms with E-state index in [1.54, 1.807) is 26.0 Å². The number of hydrogen-bond acceptors (Lipinski definition) is 5. The van der Waals surface area contributed by atoms with Crippen LogP contribution in [0.15, 0.2) is 30.3 Å². The van der Waals surface area contributed by atoms with Crippen molar-refractivity contribution in [3.05, 3.63) is 35.9 Å². The lowest BCUT2D eigenvalue weighted by atomic mass is 10.0. The van der Waals surface area contributed by atoms with Crippen LogP contribution in [-0.4, -0.2) is 47.5 Å². The van der Waals surface area contributed by atoms with Crippen LogP contribution in [0.2, 0.25) is 0 Å². The minimum absolute atomic E-state index is 0.199. The fourth-order valence-electron chi connectivity index (χ4n) is 2.62. The zero-order valence-corrected chi connectivity index (χ0v) is 16.9. The number of ether oxygens (including phenoxy) is 1. The zero-order chi connectivity index (χ0) is 19.4. The Bertz CT molecular complexity index is 844. The third-order valence-corrected chi connectivity index (χ3v) is 6.63. The maximum atomic E-state index is 12.1. The zero-order valence-electron chi connectivity index (χ0n) is 15.2. The van der Waals surface area contributed by atoms with E-state index in [1.807, 2.05) is 12.1 Å². The molecular weight excluding hydrogens is 376 g/mol. The molecule has 0 bridgehead atoms. The molecule has 146 valence electrons. The fraction of sp³-hybridized carbons (Fsp3) is 0.529. The summed E-state index contributed by atoms with van der Waals surface area (Å²) < 4.78 is 56.9. The van der Waals surface area contributed by atoms with Gasteiger partial charge in [-0.25, -0.2) is 26.3 Å². The maximum Gasteiger partial charge on any atom is 0.214 e. The van der Waals surface area contributed by atoms with Crippen molar-refractivity contribution in [2.45, 2.75) is 38.0 Å². The fourth-order valence-corrected chi connectivity index (χ4v) is 3.99. The molecule has 0 heterocycles. The van der Waals surface area contributed by atoms with Gasteiger partial charge in [0.1, 0.15) is 12.4 Å². The van der Waals surface area contributed by atoms with Crippen LogP contribution in [0.1, 0.15) is 32.3 Å². The van der Waals surface area contributed by atoms with Crippen molar-refractivity contribution in [2.75, 3.05) is 19.4 Å². The first-order chi connectivity index (χ1) is 12.1. The van der Waals surface area contributed by atoms with Crippen LogP contribution in [-0.2, 0) is 20.0 Å². The van der Waals surface area contributed by atoms with Crippen molar-refractivity contribution in [1.82, 2.24) is 9.44 Å². The summed E-state index contributed by atoms with van der Waals surface area (Å²) in [6, 6.07) is 7.14. The van der Waals surface area contributed by atoms with Crippen LogP contribution in [0.3, 0.4) is 0 Å². The molecular formula is C17H26N2O5S2. The van der Waals surface area contributed by atoms with Gasteiger partial charge in [-0.3, -0.25) is 0 Å². The molecule has 1 aromatic carbocycles. The topological polar surface area (TPSA) is 102 Å². The number of rotatable bonds is 9. The number of hydrogen-bond donors (Lipinski definition) is 2. The Balaban J connectivity index is 1.97. The van der Waals surface area contributed by atoms with Gasteiger partial charge in [0.2, 0.25) is 20.0 Å². The van der Waals surface area contributed by atoms with Gasteiger partial charge < -0.3 is 4.74 Å². The quantitative estimate of drug-likeness (QED) is 0.610. The molecule has 0 aromatic heterocycles. The van der Waals surface area contributed by atoms with E-state index < -0.39 is 25.3 Å². The number of sulfonamides is 2. The molecule has 0 radical (unpaired) electrons. The van der Waals surface area contributed by atoms with Crippen molar-refractivity contribution >= 4 is 25.6 Å². The summed E-state index contributed by atoms with van der Waals surface area (Å²) in [6.07, 6.45) is 4.73. The monoisotopic (exact) mass is 402 g/mol. The molecule has 1 aliphatic carbocycles. The van der Waals surface area contributed by atoms with Gasteiger partial charge in [-0.1, -0.05) is 18.2 Å². The molecule has 0 amide bonds. The summed E-state index contributed by atoms with van der Waals surface area (Å²) in [5.74, 6) is 0.627. The van der Waals surface area contributed by atoms with Crippen LogP contribution < -0.4 is 14.2 Å². The molecule has 2 rings (SSSR count). The second-order valence-electron chi connectivity index (χ2n) is 6.54. The summed E-state index contributed by atoms with van der Waals surface area (Å²) in [6.45, 7) is 3.74. The minimum atomic E-state index is -3.33. The number of allylic oxidation sites excluding steroid dienone is 1. The van der Waals surface area contributed by atoms with E-state index >= 15 is 0 Å². The van der Waals surface area contributed by atoms with E-state index in [2.05, 4.69) is 15.5 Å². The van der Waals surface area contributed by atoms with Gasteiger partial charge in [-0.15, -0.1) is 0 Å². The van der Waals surface area contributed by atoms with Gasteiger partial charge in [-0.2, -0.15) is 0 Å². The van der Waals surface area contributed by atoms with Crippen LogP contribution in [0, 0.1) is 0 Å². The lowest BCUT2D eigenvalue weighted by molar-refractivity contribution is 0.323. The molecule has 0 aliphatic heterocycles. The van der Waals surface area contributed by atoms with E-state index in [4.69, 9.17) is 4.74 Å². The Morgan fingerprint density at radius 2 is 1.81 bits per heavy atom. The average Bonchev–Trinajstić information content (AvgIpc) is 2.98. The second-order valence-corrected chi connectivity index (χ2v) is 10.6. The third kappa shape index (κ3) is 6.08. The average molecular weight is 403 g/mol. The molecule has 0 saturated heterocycles. The molecule has 7 nitrogen and oxygen atoms in total. The van der Waals surface area contributed by atoms with E-state index in [9.17, 15) is 16.8 Å². The molecule has 0 spiro atoms. The van der Waals surface area contributed by atoms with Crippen molar-refractivity contribution in [2.24, 2.45) is 0 Å². The number of benzene rings is 1. The van der Waals surface area contributed by atoms with Gasteiger partial charge in [0.25, 0.3) is 0 Å². The third-order valence-electron chi connectivity index (χ3n) is 4.04. The van der Waals surface area contributed by atoms with Crippen molar-refractivity contribution < 1.29 is 21.6 Å². The lowest BCUT2D eigenvalue weighted by Gasteiger charge is -2.19. The SMILES string of the molecule is CC(C)S(=O)(=O)NC1CCC=C1c1ccc(OCCNS(C)(=O)=O)cc1. The maximum absolute atomic E-state index is 12.1. The molecule has 0 saturated carbocycles. The van der Waals surface area contributed by atoms with Gasteiger partial charge >= 0.3 is 0 Å². The number of nitrogens with one attached hydrogen (secondary N) is 2. The Morgan fingerprint density at radius 1 is 1.15 bits per heavy atom. The van der Waals surface area contributed by atoms with Gasteiger partial charge in [-0.05, 0) is 50.0 Å². The first kappa shape index (κ1) is 20.9. The molecule has 1 aromatic rings. The predicted molar refractivity (Wildman–Crippen MR) is 103 cm³/mol. The second kappa shape index (κ2) is 8.51. The highest BCUT2D eigenvalue weighted by Gasteiger charge is 2.27. The van der Waals surface area contributed by atoms with E-state index in [0.717, 1.165) is 30.2 Å². The molecule has 0 fully saturated rings. The van der Waals surface area contributed by atoms with Gasteiger partial charge in [0.05, 0.1) is 11.5 Å². The van der Waals surface area contributed by atoms with Crippen LogP contribution in [0.25, 0.3) is 5.57 Å². The summed E-state index contributed by atoms with van der Waals surface area (Å²) in [4.78, 5) is 0. The van der Waals surface area contributed by atoms with E-state index in [-0.39, 0.29) is 19.2 Å². The Labute approximate surface area is 155 Å². The van der Waals surface area contributed by atoms with Gasteiger partial charge in [0.15, 0.2) is 0 Å². The largest absolute Gasteiger partial charge is 0.492 e. The van der Waals surface area contributed by atoms with Crippen LogP contribution in [0.5, 0.6) is 5.75 Å². The van der Waals surface area contributed by atoms with Crippen molar-refractivity contribution in [3.63, 3.8) is 0 Å². The highest BCUT2D eigenvalue weighted by molar-refractivity contribution is 7.90. The van der Waals surface area contributed by atoms with Crippen molar-refractivity contribution in [1.29, 1.82) is 0 Å². The standard InChI is InChI=1S/C17H26N2O5S2/c1-13(2)26(22,23)19-17-6-4-5-16(17)14-7-9-15(10-8-14)24-12-11-18-25(3,20)21/h5,7-10,13,17-19H,4,6,11-12H2,1-3H3. The van der Waals surface area contributed by atoms with E-state index in [0.29, 0.717) is 5.75 Å². The molecule has 1 unspecified atom stereocenters. The predicted octanol–water partition coefficient (Wildman–Crippen LogP) is 1.49. The summed E-state index contributed by atoms with van der Waals surface area (Å²) in [5.41, 5.74) is 1.92. The Hall–Kier alpha value is -1.42. The molecule has 1 aliphatic rings.